The minimum Gasteiger partial charge on any atom is -0.299 e. The summed E-state index contributed by atoms with van der Waals surface area (Å²) in [6.07, 6.45) is 8.81. The quantitative estimate of drug-likeness (QED) is 0.307. The Morgan fingerprint density at radius 2 is 2.00 bits per heavy atom. The van der Waals surface area contributed by atoms with E-state index in [1.807, 2.05) is 19.1 Å². The number of aldehydes is 1. The molecular formula is C7H10O. The van der Waals surface area contributed by atoms with Gasteiger partial charge in [0, 0.05) is 0 Å². The van der Waals surface area contributed by atoms with Gasteiger partial charge in [-0.15, -0.1) is 0 Å². The van der Waals surface area contributed by atoms with Crippen molar-refractivity contribution in [3.05, 3.63) is 24.3 Å². The maximum Gasteiger partial charge on any atom is 0.142 e. The second-order valence-electron chi connectivity index (χ2n) is 1.36. The minimum atomic E-state index is 0.764. The monoisotopic (exact) mass is 110 g/mol. The molecule has 1 nitrogen and oxygen atoms in total. The van der Waals surface area contributed by atoms with Crippen molar-refractivity contribution in [3.8, 4) is 0 Å². The van der Waals surface area contributed by atoms with Crippen molar-refractivity contribution in [2.24, 2.45) is 0 Å². The lowest BCUT2D eigenvalue weighted by molar-refractivity contribution is -0.104. The Bertz CT molecular complexity index is 101. The molecule has 0 aromatic rings. The second kappa shape index (κ2) is 6.15. The molecule has 0 saturated carbocycles. The highest BCUT2D eigenvalue weighted by molar-refractivity contribution is 5.65. The molecule has 0 aromatic carbocycles. The summed E-state index contributed by atoms with van der Waals surface area (Å²) in [7, 11) is 0. The smallest absolute Gasteiger partial charge is 0.142 e. The molecule has 0 atom stereocenters. The molecular weight excluding hydrogens is 100 g/mol. The standard InChI is InChI=1S/C7H10O/c1-2-3-4-5-6-7-8/h3-7H,2H2,1H3/b4-3-,6-5-. The lowest BCUT2D eigenvalue weighted by atomic mass is 10.4. The third-order valence-corrected chi connectivity index (χ3v) is 0.673. The van der Waals surface area contributed by atoms with E-state index in [1.165, 1.54) is 6.08 Å². The highest BCUT2D eigenvalue weighted by Crippen LogP contribution is 1.79. The fraction of sp³-hybridized carbons (Fsp3) is 0.286. The van der Waals surface area contributed by atoms with Crippen LogP contribution in [0, 0.1) is 0 Å². The van der Waals surface area contributed by atoms with Gasteiger partial charge in [0.05, 0.1) is 0 Å². The maximum atomic E-state index is 9.65. The van der Waals surface area contributed by atoms with Crippen molar-refractivity contribution in [3.63, 3.8) is 0 Å². The van der Waals surface area contributed by atoms with Crippen LogP contribution >= 0.6 is 0 Å². The van der Waals surface area contributed by atoms with E-state index >= 15 is 0 Å². The molecule has 0 unspecified atom stereocenters. The van der Waals surface area contributed by atoms with E-state index in [0.717, 1.165) is 12.7 Å². The molecule has 0 heterocycles. The number of carbonyl (C=O) groups excluding carboxylic acids is 1. The van der Waals surface area contributed by atoms with Gasteiger partial charge in [-0.2, -0.15) is 0 Å². The van der Waals surface area contributed by atoms with E-state index in [2.05, 4.69) is 0 Å². The van der Waals surface area contributed by atoms with Crippen LogP contribution in [0.2, 0.25) is 0 Å². The summed E-state index contributed by atoms with van der Waals surface area (Å²) in [6, 6.07) is 0. The van der Waals surface area contributed by atoms with Crippen LogP contribution in [-0.2, 0) is 4.79 Å². The van der Waals surface area contributed by atoms with E-state index in [9.17, 15) is 4.79 Å². The summed E-state index contributed by atoms with van der Waals surface area (Å²) in [6.45, 7) is 2.05. The second-order valence-corrected chi connectivity index (χ2v) is 1.36. The summed E-state index contributed by atoms with van der Waals surface area (Å²) in [5.74, 6) is 0. The van der Waals surface area contributed by atoms with Crippen LogP contribution in [0.3, 0.4) is 0 Å². The van der Waals surface area contributed by atoms with Crippen LogP contribution in [0.1, 0.15) is 13.3 Å². The van der Waals surface area contributed by atoms with E-state index in [4.69, 9.17) is 0 Å². The van der Waals surface area contributed by atoms with Gasteiger partial charge in [0.25, 0.3) is 0 Å². The van der Waals surface area contributed by atoms with E-state index in [1.54, 1.807) is 6.08 Å². The zero-order valence-corrected chi connectivity index (χ0v) is 5.00. The molecule has 0 saturated heterocycles. The van der Waals surface area contributed by atoms with Gasteiger partial charge in [0.2, 0.25) is 0 Å². The van der Waals surface area contributed by atoms with Gasteiger partial charge in [0.1, 0.15) is 6.29 Å². The normalized spacial score (nSPS) is 11.1. The van der Waals surface area contributed by atoms with Crippen molar-refractivity contribution in [2.75, 3.05) is 0 Å². The molecule has 0 fully saturated rings. The van der Waals surface area contributed by atoms with Crippen molar-refractivity contribution < 1.29 is 4.79 Å². The fourth-order valence-electron chi connectivity index (χ4n) is 0.324. The van der Waals surface area contributed by atoms with Crippen LogP contribution in [-0.4, -0.2) is 6.29 Å². The largest absolute Gasteiger partial charge is 0.299 e. The minimum absolute atomic E-state index is 0.764. The first-order chi connectivity index (χ1) is 3.91. The predicted octanol–water partition coefficient (Wildman–Crippen LogP) is 1.71. The molecule has 0 N–H and O–H groups in total. The molecule has 8 heavy (non-hydrogen) atoms. The molecule has 0 aromatic heterocycles. The van der Waals surface area contributed by atoms with Gasteiger partial charge in [-0.1, -0.05) is 25.2 Å². The summed E-state index contributed by atoms with van der Waals surface area (Å²) in [4.78, 5) is 9.65. The summed E-state index contributed by atoms with van der Waals surface area (Å²) in [5, 5.41) is 0. The maximum absolute atomic E-state index is 9.65. The van der Waals surface area contributed by atoms with E-state index < -0.39 is 0 Å². The van der Waals surface area contributed by atoms with Crippen molar-refractivity contribution in [1.82, 2.24) is 0 Å². The van der Waals surface area contributed by atoms with Gasteiger partial charge in [0.15, 0.2) is 0 Å². The molecule has 0 aliphatic heterocycles. The first-order valence-corrected chi connectivity index (χ1v) is 2.68. The van der Waals surface area contributed by atoms with Crippen LogP contribution in [0.5, 0.6) is 0 Å². The number of carbonyl (C=O) groups is 1. The summed E-state index contributed by atoms with van der Waals surface area (Å²) >= 11 is 0. The SMILES string of the molecule is CC/C=C\C=C/C=O. The first-order valence-electron chi connectivity index (χ1n) is 2.68. The van der Waals surface area contributed by atoms with Gasteiger partial charge >= 0.3 is 0 Å². The Labute approximate surface area is 49.7 Å². The Kier molecular flexibility index (Phi) is 5.50. The van der Waals surface area contributed by atoms with Crippen molar-refractivity contribution in [2.45, 2.75) is 13.3 Å². The third-order valence-electron chi connectivity index (χ3n) is 0.673. The average molecular weight is 110 g/mol. The Hall–Kier alpha value is -0.850. The van der Waals surface area contributed by atoms with Crippen molar-refractivity contribution >= 4 is 6.29 Å². The van der Waals surface area contributed by atoms with Crippen LogP contribution < -0.4 is 0 Å². The van der Waals surface area contributed by atoms with E-state index in [-0.39, 0.29) is 0 Å². The van der Waals surface area contributed by atoms with Crippen LogP contribution in [0.25, 0.3) is 0 Å². The number of allylic oxidation sites excluding steroid dienone is 4. The zero-order chi connectivity index (χ0) is 6.24. The molecule has 0 radical (unpaired) electrons. The van der Waals surface area contributed by atoms with Gasteiger partial charge in [-0.25, -0.2) is 0 Å². The Morgan fingerprint density at radius 1 is 1.25 bits per heavy atom. The highest BCUT2D eigenvalue weighted by Gasteiger charge is 1.61. The number of rotatable bonds is 3. The number of hydrogen-bond donors (Lipinski definition) is 0. The van der Waals surface area contributed by atoms with Gasteiger partial charge in [-0.3, -0.25) is 4.79 Å². The van der Waals surface area contributed by atoms with Crippen molar-refractivity contribution in [1.29, 1.82) is 0 Å². The fourth-order valence-corrected chi connectivity index (χ4v) is 0.324. The molecule has 1 heteroatoms. The molecule has 0 spiro atoms. The van der Waals surface area contributed by atoms with Crippen LogP contribution in [0.4, 0.5) is 0 Å². The third kappa shape index (κ3) is 5.15. The summed E-state index contributed by atoms with van der Waals surface area (Å²) < 4.78 is 0. The zero-order valence-electron chi connectivity index (χ0n) is 5.00. The first kappa shape index (κ1) is 7.15. The topological polar surface area (TPSA) is 17.1 Å². The van der Waals surface area contributed by atoms with E-state index in [0.29, 0.717) is 0 Å². The highest BCUT2D eigenvalue weighted by atomic mass is 16.1. The lowest BCUT2D eigenvalue weighted by Gasteiger charge is -1.70. The average Bonchev–Trinajstić information content (AvgIpc) is 1.81. The van der Waals surface area contributed by atoms with Crippen LogP contribution in [0.15, 0.2) is 24.3 Å². The molecule has 0 amide bonds. The lowest BCUT2D eigenvalue weighted by Crippen LogP contribution is -1.56. The Morgan fingerprint density at radius 3 is 2.50 bits per heavy atom. The molecule has 0 rings (SSSR count). The number of hydrogen-bond acceptors (Lipinski definition) is 1. The predicted molar refractivity (Wildman–Crippen MR) is 34.6 cm³/mol. The summed E-state index contributed by atoms with van der Waals surface area (Å²) in [5.41, 5.74) is 0. The Balaban J connectivity index is 3.26. The molecule has 0 aliphatic rings. The van der Waals surface area contributed by atoms with Gasteiger partial charge in [-0.05, 0) is 12.5 Å². The molecule has 0 aliphatic carbocycles. The molecule has 0 bridgehead atoms. The van der Waals surface area contributed by atoms with Gasteiger partial charge < -0.3 is 0 Å². The molecule has 44 valence electrons.